The molecule has 1 rings (SSSR count). The summed E-state index contributed by atoms with van der Waals surface area (Å²) in [5.74, 6) is -0.477. The lowest BCUT2D eigenvalue weighted by Crippen LogP contribution is -2.29. The third kappa shape index (κ3) is 3.47. The molecule has 76 valence electrons. The van der Waals surface area contributed by atoms with Crippen molar-refractivity contribution >= 4 is 22.7 Å². The van der Waals surface area contributed by atoms with Crippen LogP contribution >= 0.6 is 0 Å². The Morgan fingerprint density at radius 3 is 2.00 bits per heavy atom. The van der Waals surface area contributed by atoms with Crippen molar-refractivity contribution in [2.45, 2.75) is 5.75 Å². The fourth-order valence-corrected chi connectivity index (χ4v) is 1.61. The van der Waals surface area contributed by atoms with E-state index in [1.165, 1.54) is 24.3 Å². The molecule has 0 radical (unpaired) electrons. The van der Waals surface area contributed by atoms with Crippen LogP contribution in [0, 0.1) is 0 Å². The van der Waals surface area contributed by atoms with Crippen molar-refractivity contribution in [1.29, 1.82) is 0 Å². The number of rotatable bonds is 3. The zero-order valence-corrected chi connectivity index (χ0v) is 7.98. The lowest BCUT2D eigenvalue weighted by molar-refractivity contribution is 0.426. The van der Waals surface area contributed by atoms with Gasteiger partial charge in [-0.3, -0.25) is 4.55 Å². The van der Waals surface area contributed by atoms with Crippen molar-refractivity contribution < 1.29 is 23.0 Å². The van der Waals surface area contributed by atoms with Crippen molar-refractivity contribution in [1.82, 2.24) is 0 Å². The average Bonchev–Trinajstić information content (AvgIpc) is 2.02. The van der Waals surface area contributed by atoms with Crippen LogP contribution < -0.4 is 5.46 Å². The van der Waals surface area contributed by atoms with E-state index >= 15 is 0 Å². The third-order valence-electron chi connectivity index (χ3n) is 1.63. The van der Waals surface area contributed by atoms with E-state index in [0.29, 0.717) is 5.56 Å². The van der Waals surface area contributed by atoms with Crippen molar-refractivity contribution in [3.8, 4) is 0 Å². The zero-order valence-electron chi connectivity index (χ0n) is 7.16. The van der Waals surface area contributed by atoms with Crippen LogP contribution in [-0.4, -0.2) is 30.1 Å². The molecule has 0 aliphatic carbocycles. The molecule has 0 aliphatic heterocycles. The molecule has 0 bridgehead atoms. The summed E-state index contributed by atoms with van der Waals surface area (Å²) in [6.07, 6.45) is 0. The molecular weight excluding hydrogens is 207 g/mol. The molecule has 0 amide bonds. The Morgan fingerprint density at radius 1 is 1.14 bits per heavy atom. The summed E-state index contributed by atoms with van der Waals surface area (Å²) in [5, 5.41) is 17.5. The minimum Gasteiger partial charge on any atom is -0.423 e. The van der Waals surface area contributed by atoms with Crippen LogP contribution in [0.25, 0.3) is 0 Å². The predicted octanol–water partition coefficient (Wildman–Crippen LogP) is -1.25. The van der Waals surface area contributed by atoms with Gasteiger partial charge in [-0.2, -0.15) is 8.42 Å². The van der Waals surface area contributed by atoms with Crippen LogP contribution in [0.15, 0.2) is 24.3 Å². The molecular formula is C7H9BO5S. The molecule has 3 N–H and O–H groups in total. The quantitative estimate of drug-likeness (QED) is 0.433. The molecule has 0 spiro atoms. The first-order valence-electron chi connectivity index (χ1n) is 3.78. The number of hydrogen-bond donors (Lipinski definition) is 3. The molecule has 0 unspecified atom stereocenters. The number of hydrogen-bond acceptors (Lipinski definition) is 4. The molecule has 0 saturated carbocycles. The maximum Gasteiger partial charge on any atom is 0.488 e. The van der Waals surface area contributed by atoms with Crippen LogP contribution in [0.5, 0.6) is 0 Å². The lowest BCUT2D eigenvalue weighted by atomic mass is 9.80. The van der Waals surface area contributed by atoms with Crippen LogP contribution in [0.1, 0.15) is 5.56 Å². The summed E-state index contributed by atoms with van der Waals surface area (Å²) < 4.78 is 29.5. The molecule has 5 nitrogen and oxygen atoms in total. The molecule has 0 fully saturated rings. The Kier molecular flexibility index (Phi) is 3.27. The van der Waals surface area contributed by atoms with Gasteiger partial charge in [0.1, 0.15) is 5.75 Å². The smallest absolute Gasteiger partial charge is 0.423 e. The van der Waals surface area contributed by atoms with E-state index in [2.05, 4.69) is 0 Å². The maximum absolute atomic E-state index is 10.5. The standard InChI is InChI=1S/C7H9BO5S/c9-8(10)7-3-1-6(2-4-7)5-14(11,12)13/h1-4,9-10H,5H2,(H,11,12,13). The summed E-state index contributed by atoms with van der Waals surface area (Å²) in [6, 6.07) is 5.57. The molecule has 0 atom stereocenters. The third-order valence-corrected chi connectivity index (χ3v) is 2.33. The lowest BCUT2D eigenvalue weighted by Gasteiger charge is -2.01. The summed E-state index contributed by atoms with van der Waals surface area (Å²) >= 11 is 0. The topological polar surface area (TPSA) is 94.8 Å². The number of benzene rings is 1. The molecule has 7 heteroatoms. The minimum atomic E-state index is -4.04. The first kappa shape index (κ1) is 11.2. The van der Waals surface area contributed by atoms with Gasteiger partial charge in [-0.15, -0.1) is 0 Å². The Bertz CT molecular complexity index is 397. The Labute approximate surface area is 81.9 Å². The predicted molar refractivity (Wildman–Crippen MR) is 51.5 cm³/mol. The van der Waals surface area contributed by atoms with Gasteiger partial charge < -0.3 is 10.0 Å². The van der Waals surface area contributed by atoms with E-state index in [-0.39, 0.29) is 5.46 Å². The normalized spacial score (nSPS) is 11.4. The molecule has 0 aliphatic rings. The van der Waals surface area contributed by atoms with E-state index < -0.39 is 23.0 Å². The minimum absolute atomic E-state index is 0.268. The zero-order chi connectivity index (χ0) is 10.8. The fourth-order valence-electron chi connectivity index (χ4n) is 0.997. The van der Waals surface area contributed by atoms with Crippen LogP contribution in [-0.2, 0) is 15.9 Å². The second kappa shape index (κ2) is 4.10. The Morgan fingerprint density at radius 2 is 1.64 bits per heavy atom. The summed E-state index contributed by atoms with van der Waals surface area (Å²) in [4.78, 5) is 0. The van der Waals surface area contributed by atoms with Gasteiger partial charge in [0.2, 0.25) is 0 Å². The van der Waals surface area contributed by atoms with Gasteiger partial charge in [-0.1, -0.05) is 24.3 Å². The van der Waals surface area contributed by atoms with E-state index in [9.17, 15) is 8.42 Å². The fraction of sp³-hybridized carbons (Fsp3) is 0.143. The van der Waals surface area contributed by atoms with Gasteiger partial charge in [0, 0.05) is 0 Å². The van der Waals surface area contributed by atoms with Crippen LogP contribution in [0.4, 0.5) is 0 Å². The van der Waals surface area contributed by atoms with Gasteiger partial charge >= 0.3 is 7.12 Å². The van der Waals surface area contributed by atoms with E-state index in [1.807, 2.05) is 0 Å². The van der Waals surface area contributed by atoms with Crippen molar-refractivity contribution in [2.75, 3.05) is 0 Å². The Hall–Kier alpha value is -0.885. The summed E-state index contributed by atoms with van der Waals surface area (Å²) in [6.45, 7) is 0. The molecule has 0 heterocycles. The van der Waals surface area contributed by atoms with Gasteiger partial charge in [-0.25, -0.2) is 0 Å². The largest absolute Gasteiger partial charge is 0.488 e. The van der Waals surface area contributed by atoms with Gasteiger partial charge in [-0.05, 0) is 11.0 Å². The molecule has 1 aromatic carbocycles. The highest BCUT2D eigenvalue weighted by Crippen LogP contribution is 2.02. The molecule has 1 aromatic rings. The van der Waals surface area contributed by atoms with Crippen LogP contribution in [0.2, 0.25) is 0 Å². The Balaban J connectivity index is 2.84. The molecule has 0 aromatic heterocycles. The monoisotopic (exact) mass is 216 g/mol. The second-order valence-electron chi connectivity index (χ2n) is 2.84. The highest BCUT2D eigenvalue weighted by Gasteiger charge is 2.11. The van der Waals surface area contributed by atoms with Gasteiger partial charge in [0.05, 0.1) is 0 Å². The van der Waals surface area contributed by atoms with Crippen LogP contribution in [0.3, 0.4) is 0 Å². The average molecular weight is 216 g/mol. The first-order chi connectivity index (χ1) is 6.38. The van der Waals surface area contributed by atoms with Crippen molar-refractivity contribution in [3.05, 3.63) is 29.8 Å². The summed E-state index contributed by atoms with van der Waals surface area (Å²) in [7, 11) is -5.61. The van der Waals surface area contributed by atoms with E-state index in [4.69, 9.17) is 14.6 Å². The highest BCUT2D eigenvalue weighted by molar-refractivity contribution is 7.85. The first-order valence-corrected chi connectivity index (χ1v) is 5.39. The summed E-state index contributed by atoms with van der Waals surface area (Å²) in [5.41, 5.74) is 0.654. The second-order valence-corrected chi connectivity index (χ2v) is 4.29. The van der Waals surface area contributed by atoms with E-state index in [0.717, 1.165) is 0 Å². The SMILES string of the molecule is O=S(=O)(O)Cc1ccc(B(O)O)cc1. The van der Waals surface area contributed by atoms with Crippen molar-refractivity contribution in [3.63, 3.8) is 0 Å². The van der Waals surface area contributed by atoms with Gasteiger partial charge in [0.15, 0.2) is 0 Å². The van der Waals surface area contributed by atoms with Gasteiger partial charge in [0.25, 0.3) is 10.1 Å². The highest BCUT2D eigenvalue weighted by atomic mass is 32.2. The van der Waals surface area contributed by atoms with E-state index in [1.54, 1.807) is 0 Å². The van der Waals surface area contributed by atoms with Crippen molar-refractivity contribution in [2.24, 2.45) is 0 Å². The molecule has 14 heavy (non-hydrogen) atoms. The maximum atomic E-state index is 10.5. The molecule has 0 saturated heterocycles.